The summed E-state index contributed by atoms with van der Waals surface area (Å²) >= 11 is 0. The molecule has 0 amide bonds. The van der Waals surface area contributed by atoms with Crippen LogP contribution in [0.2, 0.25) is 0 Å². The van der Waals surface area contributed by atoms with Gasteiger partial charge in [-0.1, -0.05) is 12.8 Å². The average molecular weight is 126 g/mol. The summed E-state index contributed by atoms with van der Waals surface area (Å²) in [6.07, 6.45) is 4.54. The van der Waals surface area contributed by atoms with E-state index in [-0.39, 0.29) is 11.7 Å². The van der Waals surface area contributed by atoms with Crippen molar-refractivity contribution in [1.29, 1.82) is 0 Å². The Hall–Kier alpha value is -0.660. The van der Waals surface area contributed by atoms with Gasteiger partial charge >= 0.3 is 0 Å². The Morgan fingerprint density at radius 2 is 1.89 bits per heavy atom. The molecule has 1 aliphatic rings. The summed E-state index contributed by atoms with van der Waals surface area (Å²) in [4.78, 5) is 20.6. The lowest BCUT2D eigenvalue weighted by molar-refractivity contribution is -0.132. The predicted molar refractivity (Wildman–Crippen MR) is 33.0 cm³/mol. The summed E-state index contributed by atoms with van der Waals surface area (Å²) in [7, 11) is 0. The summed E-state index contributed by atoms with van der Waals surface area (Å²) in [5.74, 6) is -0.130. The average Bonchev–Trinajstić information content (AvgIpc) is 2.37. The van der Waals surface area contributed by atoms with E-state index in [1.54, 1.807) is 0 Å². The maximum atomic E-state index is 10.6. The van der Waals surface area contributed by atoms with Crippen LogP contribution in [0.1, 0.15) is 25.7 Å². The molecule has 0 aromatic carbocycles. The van der Waals surface area contributed by atoms with Crippen LogP contribution >= 0.6 is 0 Å². The Bertz CT molecular complexity index is 123. The van der Waals surface area contributed by atoms with Crippen molar-refractivity contribution < 1.29 is 9.59 Å². The van der Waals surface area contributed by atoms with Gasteiger partial charge in [-0.15, -0.1) is 0 Å². The molecule has 0 aliphatic heterocycles. The molecule has 0 heterocycles. The van der Waals surface area contributed by atoms with Gasteiger partial charge in [0.05, 0.1) is 0 Å². The standard InChI is InChI=1S/C7H10O2/c8-5-7(9)6-3-1-2-4-6/h5-6H,1-4H2. The molecule has 0 bridgehead atoms. The topological polar surface area (TPSA) is 34.1 Å². The highest BCUT2D eigenvalue weighted by Gasteiger charge is 2.21. The van der Waals surface area contributed by atoms with Crippen molar-refractivity contribution in [3.05, 3.63) is 0 Å². The van der Waals surface area contributed by atoms with Crippen LogP contribution in [0.3, 0.4) is 0 Å². The Morgan fingerprint density at radius 1 is 1.33 bits per heavy atom. The van der Waals surface area contributed by atoms with Gasteiger partial charge in [0.2, 0.25) is 0 Å². The van der Waals surface area contributed by atoms with Crippen LogP contribution in [0.5, 0.6) is 0 Å². The highest BCUT2D eigenvalue weighted by molar-refractivity contribution is 6.25. The number of ketones is 1. The Labute approximate surface area is 54.2 Å². The minimum atomic E-state index is -0.201. The second-order valence-electron chi connectivity index (χ2n) is 2.50. The maximum Gasteiger partial charge on any atom is 0.198 e. The Balaban J connectivity index is 2.41. The van der Waals surface area contributed by atoms with Crippen LogP contribution < -0.4 is 0 Å². The number of Topliss-reactive ketones (excluding diaryl/α,β-unsaturated/α-hetero) is 1. The second-order valence-corrected chi connectivity index (χ2v) is 2.50. The van der Waals surface area contributed by atoms with Gasteiger partial charge < -0.3 is 0 Å². The van der Waals surface area contributed by atoms with Crippen molar-refractivity contribution in [2.45, 2.75) is 25.7 Å². The fraction of sp³-hybridized carbons (Fsp3) is 0.714. The van der Waals surface area contributed by atoms with E-state index < -0.39 is 0 Å². The van der Waals surface area contributed by atoms with Crippen LogP contribution in [0.4, 0.5) is 0 Å². The molecular formula is C7H10O2. The zero-order valence-corrected chi connectivity index (χ0v) is 5.30. The van der Waals surface area contributed by atoms with Crippen LogP contribution in [-0.2, 0) is 9.59 Å². The van der Waals surface area contributed by atoms with E-state index in [1.165, 1.54) is 0 Å². The minimum absolute atomic E-state index is 0.0718. The zero-order chi connectivity index (χ0) is 6.69. The van der Waals surface area contributed by atoms with E-state index in [0.29, 0.717) is 6.29 Å². The number of aldehydes is 1. The lowest BCUT2D eigenvalue weighted by atomic mass is 10.0. The predicted octanol–water partition coefficient (Wildman–Crippen LogP) is 0.945. The van der Waals surface area contributed by atoms with Gasteiger partial charge in [-0.05, 0) is 12.8 Å². The summed E-state index contributed by atoms with van der Waals surface area (Å²) < 4.78 is 0. The number of carbonyl (C=O) groups excluding carboxylic acids is 2. The van der Waals surface area contributed by atoms with Crippen LogP contribution in [0.15, 0.2) is 0 Å². The third-order valence-electron chi connectivity index (χ3n) is 1.87. The molecule has 0 aromatic rings. The largest absolute Gasteiger partial charge is 0.295 e. The third-order valence-corrected chi connectivity index (χ3v) is 1.87. The van der Waals surface area contributed by atoms with Crippen molar-refractivity contribution in [1.82, 2.24) is 0 Å². The summed E-state index contributed by atoms with van der Waals surface area (Å²) in [6.45, 7) is 0. The van der Waals surface area contributed by atoms with Gasteiger partial charge in [0, 0.05) is 5.92 Å². The normalized spacial score (nSPS) is 20.0. The number of carbonyl (C=O) groups is 2. The molecule has 0 saturated heterocycles. The molecule has 1 saturated carbocycles. The maximum absolute atomic E-state index is 10.6. The summed E-state index contributed by atoms with van der Waals surface area (Å²) in [6, 6.07) is 0. The van der Waals surface area contributed by atoms with Gasteiger partial charge in [0.25, 0.3) is 0 Å². The van der Waals surface area contributed by atoms with E-state index in [9.17, 15) is 9.59 Å². The fourth-order valence-electron chi connectivity index (χ4n) is 1.31. The molecule has 0 unspecified atom stereocenters. The lowest BCUT2D eigenvalue weighted by Gasteiger charge is -1.98. The van der Waals surface area contributed by atoms with Crippen molar-refractivity contribution in [2.75, 3.05) is 0 Å². The SMILES string of the molecule is O=CC(=O)C1CCCC1. The molecular weight excluding hydrogens is 116 g/mol. The third kappa shape index (κ3) is 1.37. The summed E-state index contributed by atoms with van der Waals surface area (Å²) in [5, 5.41) is 0. The summed E-state index contributed by atoms with van der Waals surface area (Å²) in [5.41, 5.74) is 0. The second kappa shape index (κ2) is 2.76. The van der Waals surface area contributed by atoms with Crippen LogP contribution in [-0.4, -0.2) is 12.1 Å². The molecule has 0 spiro atoms. The van der Waals surface area contributed by atoms with Gasteiger partial charge in [-0.25, -0.2) is 0 Å². The van der Waals surface area contributed by atoms with E-state index in [1.807, 2.05) is 0 Å². The van der Waals surface area contributed by atoms with Gasteiger partial charge in [0.15, 0.2) is 12.1 Å². The van der Waals surface area contributed by atoms with E-state index >= 15 is 0 Å². The fourth-order valence-corrected chi connectivity index (χ4v) is 1.31. The van der Waals surface area contributed by atoms with Gasteiger partial charge in [0.1, 0.15) is 0 Å². The van der Waals surface area contributed by atoms with E-state index in [0.717, 1.165) is 25.7 Å². The first kappa shape index (κ1) is 6.46. The number of hydrogen-bond acceptors (Lipinski definition) is 2. The number of rotatable bonds is 2. The van der Waals surface area contributed by atoms with Gasteiger partial charge in [-0.2, -0.15) is 0 Å². The minimum Gasteiger partial charge on any atom is -0.295 e. The molecule has 9 heavy (non-hydrogen) atoms. The van der Waals surface area contributed by atoms with Crippen LogP contribution in [0, 0.1) is 5.92 Å². The van der Waals surface area contributed by atoms with Crippen molar-refractivity contribution in [2.24, 2.45) is 5.92 Å². The molecule has 50 valence electrons. The van der Waals surface area contributed by atoms with Crippen molar-refractivity contribution >= 4 is 12.1 Å². The molecule has 1 rings (SSSR count). The molecule has 0 N–H and O–H groups in total. The molecule has 1 aliphatic carbocycles. The molecule has 2 heteroatoms. The van der Waals surface area contributed by atoms with E-state index in [4.69, 9.17) is 0 Å². The molecule has 0 radical (unpaired) electrons. The highest BCUT2D eigenvalue weighted by atomic mass is 16.2. The highest BCUT2D eigenvalue weighted by Crippen LogP contribution is 2.24. The van der Waals surface area contributed by atoms with Crippen LogP contribution in [0.25, 0.3) is 0 Å². The van der Waals surface area contributed by atoms with Crippen molar-refractivity contribution in [3.63, 3.8) is 0 Å². The zero-order valence-electron chi connectivity index (χ0n) is 5.30. The monoisotopic (exact) mass is 126 g/mol. The van der Waals surface area contributed by atoms with Crippen molar-refractivity contribution in [3.8, 4) is 0 Å². The lowest BCUT2D eigenvalue weighted by Crippen LogP contribution is -2.10. The Morgan fingerprint density at radius 3 is 2.33 bits per heavy atom. The first-order valence-electron chi connectivity index (χ1n) is 3.33. The number of hydrogen-bond donors (Lipinski definition) is 0. The quantitative estimate of drug-likeness (QED) is 0.407. The van der Waals surface area contributed by atoms with E-state index in [2.05, 4.69) is 0 Å². The molecule has 0 atom stereocenters. The van der Waals surface area contributed by atoms with Gasteiger partial charge in [-0.3, -0.25) is 9.59 Å². The smallest absolute Gasteiger partial charge is 0.198 e. The first-order valence-corrected chi connectivity index (χ1v) is 3.33. The molecule has 2 nitrogen and oxygen atoms in total. The Kier molecular flexibility index (Phi) is 1.98. The molecule has 1 fully saturated rings. The molecule has 0 aromatic heterocycles. The first-order chi connectivity index (χ1) is 4.34.